The number of nitro benzene ring substituents is 1. The molecule has 2 aliphatic heterocycles. The van der Waals surface area contributed by atoms with E-state index in [9.17, 15) is 14.9 Å². The summed E-state index contributed by atoms with van der Waals surface area (Å²) in [5.74, 6) is 0.0888. The van der Waals surface area contributed by atoms with Crippen molar-refractivity contribution in [3.05, 3.63) is 34.4 Å². The Morgan fingerprint density at radius 1 is 1.29 bits per heavy atom. The van der Waals surface area contributed by atoms with Gasteiger partial charge in [-0.1, -0.05) is 12.1 Å². The Kier molecular flexibility index (Phi) is 5.27. The molecule has 0 aliphatic carbocycles. The molecule has 0 saturated carbocycles. The number of para-hydroxylation sites is 2. The number of piperazine rings is 1. The lowest BCUT2D eigenvalue weighted by Crippen LogP contribution is -2.50. The van der Waals surface area contributed by atoms with Crippen LogP contribution >= 0.6 is 0 Å². The third kappa shape index (κ3) is 3.82. The lowest BCUT2D eigenvalue weighted by Gasteiger charge is -2.36. The van der Waals surface area contributed by atoms with Gasteiger partial charge in [-0.25, -0.2) is 0 Å². The average Bonchev–Trinajstić information content (AvgIpc) is 2.62. The minimum Gasteiger partial charge on any atom is -0.375 e. The fraction of sp³-hybridized carbons (Fsp3) is 0.562. The summed E-state index contributed by atoms with van der Waals surface area (Å²) in [6, 6.07) is 6.74. The van der Waals surface area contributed by atoms with Crippen molar-refractivity contribution < 1.29 is 14.5 Å². The molecule has 1 aromatic carbocycles. The van der Waals surface area contributed by atoms with E-state index in [1.54, 1.807) is 18.2 Å². The minimum atomic E-state index is -0.361. The molecule has 2 heterocycles. The van der Waals surface area contributed by atoms with Crippen molar-refractivity contribution in [2.24, 2.45) is 0 Å². The van der Waals surface area contributed by atoms with Crippen LogP contribution in [0, 0.1) is 10.1 Å². The number of hydrogen-bond acceptors (Lipinski definition) is 6. The molecule has 0 spiro atoms. The predicted octanol–water partition coefficient (Wildman–Crippen LogP) is 0.622. The first-order chi connectivity index (χ1) is 11.6. The Bertz CT molecular complexity index is 595. The van der Waals surface area contributed by atoms with Gasteiger partial charge in [0.2, 0.25) is 5.91 Å². The summed E-state index contributed by atoms with van der Waals surface area (Å²) in [6.45, 7) is 4.53. The number of nitrogens with zero attached hydrogens (tertiary/aromatic N) is 3. The van der Waals surface area contributed by atoms with E-state index in [1.807, 2.05) is 9.80 Å². The number of carbonyl (C=O) groups is 1. The molecule has 0 aromatic heterocycles. The minimum absolute atomic E-state index is 0.0560. The summed E-state index contributed by atoms with van der Waals surface area (Å²) >= 11 is 0. The van der Waals surface area contributed by atoms with E-state index in [0.29, 0.717) is 51.4 Å². The Labute approximate surface area is 140 Å². The highest BCUT2D eigenvalue weighted by molar-refractivity contribution is 5.77. The van der Waals surface area contributed by atoms with E-state index in [4.69, 9.17) is 4.74 Å². The lowest BCUT2D eigenvalue weighted by atomic mass is 10.1. The smallest absolute Gasteiger partial charge is 0.292 e. The number of hydrogen-bond donors (Lipinski definition) is 1. The molecule has 2 fully saturated rings. The molecule has 1 aromatic rings. The summed E-state index contributed by atoms with van der Waals surface area (Å²) in [6.07, 6.45) is 0.331. The number of anilines is 1. The van der Waals surface area contributed by atoms with Crippen molar-refractivity contribution in [2.75, 3.05) is 50.8 Å². The quantitative estimate of drug-likeness (QED) is 0.642. The van der Waals surface area contributed by atoms with Gasteiger partial charge in [0, 0.05) is 45.3 Å². The van der Waals surface area contributed by atoms with Crippen molar-refractivity contribution in [1.29, 1.82) is 0 Å². The molecule has 8 heteroatoms. The number of rotatable bonds is 4. The molecule has 130 valence electrons. The average molecular weight is 334 g/mol. The van der Waals surface area contributed by atoms with Crippen LogP contribution in [-0.4, -0.2) is 67.7 Å². The van der Waals surface area contributed by atoms with Gasteiger partial charge in [0.1, 0.15) is 5.69 Å². The van der Waals surface area contributed by atoms with E-state index >= 15 is 0 Å². The van der Waals surface area contributed by atoms with Gasteiger partial charge in [-0.15, -0.1) is 0 Å². The summed E-state index contributed by atoms with van der Waals surface area (Å²) in [5.41, 5.74) is 0.730. The second kappa shape index (κ2) is 7.59. The molecule has 1 N–H and O–H groups in total. The SMILES string of the molecule is O=C(CC1CNCCO1)N1CCN(c2ccccc2[N+](=O)[O-])CC1. The van der Waals surface area contributed by atoms with E-state index in [-0.39, 0.29) is 22.6 Å². The van der Waals surface area contributed by atoms with Gasteiger partial charge >= 0.3 is 0 Å². The Morgan fingerprint density at radius 3 is 2.71 bits per heavy atom. The lowest BCUT2D eigenvalue weighted by molar-refractivity contribution is -0.384. The summed E-state index contributed by atoms with van der Waals surface area (Å²) in [5, 5.41) is 14.4. The zero-order chi connectivity index (χ0) is 16.9. The topological polar surface area (TPSA) is 88.0 Å². The largest absolute Gasteiger partial charge is 0.375 e. The molecule has 8 nitrogen and oxygen atoms in total. The number of nitro groups is 1. The number of morpholine rings is 1. The normalized spacial score (nSPS) is 21.6. The van der Waals surface area contributed by atoms with Crippen molar-refractivity contribution in [3.8, 4) is 0 Å². The van der Waals surface area contributed by atoms with Crippen molar-refractivity contribution in [1.82, 2.24) is 10.2 Å². The van der Waals surface area contributed by atoms with Crippen LogP contribution in [-0.2, 0) is 9.53 Å². The van der Waals surface area contributed by atoms with Crippen molar-refractivity contribution >= 4 is 17.3 Å². The molecule has 24 heavy (non-hydrogen) atoms. The summed E-state index contributed by atoms with van der Waals surface area (Å²) in [7, 11) is 0. The Morgan fingerprint density at radius 2 is 2.04 bits per heavy atom. The number of carbonyl (C=O) groups excluding carboxylic acids is 1. The highest BCUT2D eigenvalue weighted by atomic mass is 16.6. The molecule has 2 aliphatic rings. The second-order valence-corrected chi connectivity index (χ2v) is 6.01. The van der Waals surface area contributed by atoms with Crippen LogP contribution in [0.1, 0.15) is 6.42 Å². The number of nitrogens with one attached hydrogen (secondary N) is 1. The number of amides is 1. The van der Waals surface area contributed by atoms with E-state index in [2.05, 4.69) is 5.32 Å². The molecule has 1 amide bonds. The molecular formula is C16H22N4O4. The third-order valence-corrected chi connectivity index (χ3v) is 4.46. The van der Waals surface area contributed by atoms with Crippen molar-refractivity contribution in [3.63, 3.8) is 0 Å². The molecule has 2 saturated heterocycles. The molecule has 3 rings (SSSR count). The second-order valence-electron chi connectivity index (χ2n) is 6.01. The standard InChI is InChI=1S/C16H22N4O4/c21-16(11-13-12-17-5-10-24-13)19-8-6-18(7-9-19)14-3-1-2-4-15(14)20(22)23/h1-4,13,17H,5-12H2. The predicted molar refractivity (Wildman–Crippen MR) is 89.1 cm³/mol. The van der Waals surface area contributed by atoms with Crippen LogP contribution in [0.25, 0.3) is 0 Å². The van der Waals surface area contributed by atoms with Crippen LogP contribution in [0.15, 0.2) is 24.3 Å². The number of ether oxygens (including phenoxy) is 1. The Balaban J connectivity index is 1.56. The summed E-state index contributed by atoms with van der Waals surface area (Å²) < 4.78 is 5.58. The zero-order valence-corrected chi connectivity index (χ0v) is 13.5. The summed E-state index contributed by atoms with van der Waals surface area (Å²) in [4.78, 5) is 27.0. The van der Waals surface area contributed by atoms with Gasteiger partial charge in [-0.2, -0.15) is 0 Å². The highest BCUT2D eigenvalue weighted by Crippen LogP contribution is 2.28. The molecule has 1 atom stereocenters. The van der Waals surface area contributed by atoms with Crippen LogP contribution in [0.5, 0.6) is 0 Å². The van der Waals surface area contributed by atoms with Gasteiger partial charge in [0.25, 0.3) is 5.69 Å². The molecule has 1 unspecified atom stereocenters. The van der Waals surface area contributed by atoms with E-state index in [1.165, 1.54) is 6.07 Å². The van der Waals surface area contributed by atoms with Gasteiger partial charge in [-0.05, 0) is 6.07 Å². The maximum atomic E-state index is 12.4. The van der Waals surface area contributed by atoms with Gasteiger partial charge < -0.3 is 19.9 Å². The molecule has 0 bridgehead atoms. The Hall–Kier alpha value is -2.19. The van der Waals surface area contributed by atoms with E-state index in [0.717, 1.165) is 6.54 Å². The first kappa shape index (κ1) is 16.7. The monoisotopic (exact) mass is 334 g/mol. The van der Waals surface area contributed by atoms with Crippen LogP contribution in [0.2, 0.25) is 0 Å². The molecule has 0 radical (unpaired) electrons. The van der Waals surface area contributed by atoms with Crippen molar-refractivity contribution in [2.45, 2.75) is 12.5 Å². The van der Waals surface area contributed by atoms with Gasteiger partial charge in [-0.3, -0.25) is 14.9 Å². The third-order valence-electron chi connectivity index (χ3n) is 4.46. The van der Waals surface area contributed by atoms with Crippen LogP contribution in [0.3, 0.4) is 0 Å². The van der Waals surface area contributed by atoms with E-state index < -0.39 is 0 Å². The fourth-order valence-electron chi connectivity index (χ4n) is 3.16. The van der Waals surface area contributed by atoms with Gasteiger partial charge in [0.05, 0.1) is 24.1 Å². The maximum Gasteiger partial charge on any atom is 0.292 e. The van der Waals surface area contributed by atoms with Crippen LogP contribution in [0.4, 0.5) is 11.4 Å². The highest BCUT2D eigenvalue weighted by Gasteiger charge is 2.27. The van der Waals surface area contributed by atoms with Crippen LogP contribution < -0.4 is 10.2 Å². The maximum absolute atomic E-state index is 12.4. The number of benzene rings is 1. The van der Waals surface area contributed by atoms with Gasteiger partial charge in [0.15, 0.2) is 0 Å². The first-order valence-corrected chi connectivity index (χ1v) is 8.23. The molecular weight excluding hydrogens is 312 g/mol. The first-order valence-electron chi connectivity index (χ1n) is 8.23. The fourth-order valence-corrected chi connectivity index (χ4v) is 3.16. The zero-order valence-electron chi connectivity index (χ0n) is 13.5.